The second-order valence-corrected chi connectivity index (χ2v) is 7.23. The Kier molecular flexibility index (Phi) is 6.97. The van der Waals surface area contributed by atoms with Gasteiger partial charge in [0.2, 0.25) is 0 Å². The van der Waals surface area contributed by atoms with E-state index in [0.717, 1.165) is 35.5 Å². The molecule has 0 N–H and O–H groups in total. The van der Waals surface area contributed by atoms with Crippen LogP contribution in [0.15, 0.2) is 59.6 Å². The molecule has 160 valence electrons. The van der Waals surface area contributed by atoms with Crippen LogP contribution in [0.25, 0.3) is 5.69 Å². The molecule has 0 radical (unpaired) electrons. The lowest BCUT2D eigenvalue weighted by atomic mass is 10.2. The van der Waals surface area contributed by atoms with Crippen LogP contribution in [0.5, 0.6) is 0 Å². The molecule has 7 heteroatoms. The summed E-state index contributed by atoms with van der Waals surface area (Å²) in [5.41, 5.74) is 4.78. The van der Waals surface area contributed by atoms with Gasteiger partial charge in [-0.25, -0.2) is 4.79 Å². The third-order valence-electron chi connectivity index (χ3n) is 4.96. The molecule has 0 bridgehead atoms. The molecular weight excluding hydrogens is 394 g/mol. The smallest absolute Gasteiger partial charge is 0.338 e. The van der Waals surface area contributed by atoms with Crippen molar-refractivity contribution >= 4 is 23.6 Å². The molecule has 0 aliphatic rings. The Balaban J connectivity index is 1.78. The van der Waals surface area contributed by atoms with Crippen LogP contribution in [0.1, 0.15) is 47.1 Å². The molecule has 0 atom stereocenters. The van der Waals surface area contributed by atoms with Crippen molar-refractivity contribution in [3.05, 3.63) is 87.2 Å². The summed E-state index contributed by atoms with van der Waals surface area (Å²) in [5, 5.41) is 11.1. The van der Waals surface area contributed by atoms with Gasteiger partial charge in [-0.15, -0.1) is 0 Å². The number of nitro groups is 1. The summed E-state index contributed by atoms with van der Waals surface area (Å²) < 4.78 is 7.17. The van der Waals surface area contributed by atoms with Gasteiger partial charge in [-0.2, -0.15) is 0 Å². The predicted molar refractivity (Wildman–Crippen MR) is 121 cm³/mol. The zero-order valence-electron chi connectivity index (χ0n) is 17.9. The lowest BCUT2D eigenvalue weighted by Crippen LogP contribution is -2.05. The third kappa shape index (κ3) is 5.25. The fourth-order valence-electron chi connectivity index (χ4n) is 3.28. The summed E-state index contributed by atoms with van der Waals surface area (Å²) in [5.74, 6) is -0.329. The van der Waals surface area contributed by atoms with E-state index in [9.17, 15) is 14.9 Å². The molecule has 31 heavy (non-hydrogen) atoms. The highest BCUT2D eigenvalue weighted by Gasteiger charge is 2.13. The molecule has 1 heterocycles. The van der Waals surface area contributed by atoms with Crippen molar-refractivity contribution in [3.63, 3.8) is 0 Å². The van der Waals surface area contributed by atoms with Gasteiger partial charge >= 0.3 is 5.97 Å². The van der Waals surface area contributed by atoms with Crippen LogP contribution in [-0.4, -0.2) is 28.3 Å². The van der Waals surface area contributed by atoms with Crippen molar-refractivity contribution in [3.8, 4) is 5.69 Å². The van der Waals surface area contributed by atoms with Crippen molar-refractivity contribution in [1.29, 1.82) is 0 Å². The molecule has 1 aromatic heterocycles. The zero-order chi connectivity index (χ0) is 22.4. The number of hydrogen-bond donors (Lipinski definition) is 0. The molecule has 0 unspecified atom stereocenters. The molecule has 0 saturated heterocycles. The molecule has 0 fully saturated rings. The molecule has 3 aromatic rings. The van der Waals surface area contributed by atoms with Gasteiger partial charge in [-0.3, -0.25) is 15.1 Å². The SMILES string of the molecule is CCCCOC(=O)c1ccc(N=Cc2cc(C)n(-c3cccc([N+](=O)[O-])c3)c2C)cc1. The largest absolute Gasteiger partial charge is 0.462 e. The molecule has 0 aliphatic carbocycles. The summed E-state index contributed by atoms with van der Waals surface area (Å²) in [6.45, 7) is 6.36. The van der Waals surface area contributed by atoms with E-state index in [4.69, 9.17) is 4.74 Å². The van der Waals surface area contributed by atoms with Crippen molar-refractivity contribution < 1.29 is 14.5 Å². The Bertz CT molecular complexity index is 1110. The molecule has 0 aliphatic heterocycles. The zero-order valence-corrected chi connectivity index (χ0v) is 17.9. The standard InChI is InChI=1S/C24H25N3O4/c1-4-5-13-31-24(28)19-9-11-21(12-10-19)25-16-20-14-17(2)26(18(20)3)22-7-6-8-23(15-22)27(29)30/h6-12,14-16H,4-5,13H2,1-3H3. The van der Waals surface area contributed by atoms with Crippen LogP contribution in [0.4, 0.5) is 11.4 Å². The van der Waals surface area contributed by atoms with Gasteiger partial charge in [0.05, 0.1) is 28.5 Å². The first-order chi connectivity index (χ1) is 14.9. The molecule has 3 rings (SSSR count). The second kappa shape index (κ2) is 9.84. The normalized spacial score (nSPS) is 11.1. The van der Waals surface area contributed by atoms with Crippen molar-refractivity contribution in [1.82, 2.24) is 4.57 Å². The minimum absolute atomic E-state index is 0.0496. The first-order valence-electron chi connectivity index (χ1n) is 10.2. The third-order valence-corrected chi connectivity index (χ3v) is 4.96. The lowest BCUT2D eigenvalue weighted by molar-refractivity contribution is -0.384. The maximum Gasteiger partial charge on any atom is 0.338 e. The van der Waals surface area contributed by atoms with Crippen molar-refractivity contribution in [2.24, 2.45) is 4.99 Å². The van der Waals surface area contributed by atoms with Gasteiger partial charge in [0, 0.05) is 35.3 Å². The number of nitro benzene ring substituents is 1. The number of esters is 1. The number of rotatable bonds is 8. The number of non-ortho nitro benzene ring substituents is 1. The number of aliphatic imine (C=N–C) groups is 1. The Labute approximate surface area is 181 Å². The van der Waals surface area contributed by atoms with Gasteiger partial charge in [-0.05, 0) is 56.7 Å². The number of ether oxygens (including phenoxy) is 1. The van der Waals surface area contributed by atoms with E-state index in [1.807, 2.05) is 37.5 Å². The van der Waals surface area contributed by atoms with E-state index in [1.165, 1.54) is 6.07 Å². The summed E-state index contributed by atoms with van der Waals surface area (Å²) in [6, 6.07) is 15.5. The quantitative estimate of drug-likeness (QED) is 0.154. The highest BCUT2D eigenvalue weighted by atomic mass is 16.6. The Morgan fingerprint density at radius 3 is 2.58 bits per heavy atom. The van der Waals surface area contributed by atoms with Crippen LogP contribution in [0, 0.1) is 24.0 Å². The van der Waals surface area contributed by atoms with Crippen LogP contribution >= 0.6 is 0 Å². The minimum atomic E-state index is -0.400. The van der Waals surface area contributed by atoms with Gasteiger partial charge < -0.3 is 9.30 Å². The topological polar surface area (TPSA) is 86.7 Å². The van der Waals surface area contributed by atoms with Gasteiger partial charge in [-0.1, -0.05) is 19.4 Å². The van der Waals surface area contributed by atoms with Crippen molar-refractivity contribution in [2.75, 3.05) is 6.61 Å². The van der Waals surface area contributed by atoms with E-state index < -0.39 is 4.92 Å². The minimum Gasteiger partial charge on any atom is -0.462 e. The van der Waals surface area contributed by atoms with Crippen LogP contribution in [0.3, 0.4) is 0 Å². The fraction of sp³-hybridized carbons (Fsp3) is 0.250. The summed E-state index contributed by atoms with van der Waals surface area (Å²) in [4.78, 5) is 27.2. The van der Waals surface area contributed by atoms with E-state index >= 15 is 0 Å². The van der Waals surface area contributed by atoms with Crippen LogP contribution in [-0.2, 0) is 4.74 Å². The number of hydrogen-bond acceptors (Lipinski definition) is 5. The predicted octanol–water partition coefficient (Wildman–Crippen LogP) is 5.71. The molecule has 0 amide bonds. The maximum atomic E-state index is 12.0. The number of aromatic nitrogens is 1. The molecule has 0 spiro atoms. The Morgan fingerprint density at radius 1 is 1.16 bits per heavy atom. The maximum absolute atomic E-state index is 12.0. The summed E-state index contributed by atoms with van der Waals surface area (Å²) >= 11 is 0. The second-order valence-electron chi connectivity index (χ2n) is 7.23. The van der Waals surface area contributed by atoms with Crippen LogP contribution < -0.4 is 0 Å². The highest BCUT2D eigenvalue weighted by Crippen LogP contribution is 2.23. The van der Waals surface area contributed by atoms with Gasteiger partial charge in [0.25, 0.3) is 5.69 Å². The van der Waals surface area contributed by atoms with Gasteiger partial charge in [0.1, 0.15) is 0 Å². The number of unbranched alkanes of at least 4 members (excludes halogenated alkanes) is 1. The van der Waals surface area contributed by atoms with Gasteiger partial charge in [0.15, 0.2) is 0 Å². The van der Waals surface area contributed by atoms with E-state index in [0.29, 0.717) is 17.9 Å². The average Bonchev–Trinajstić information content (AvgIpc) is 3.05. The summed E-state index contributed by atoms with van der Waals surface area (Å²) in [6.07, 6.45) is 3.58. The molecule has 2 aromatic carbocycles. The van der Waals surface area contributed by atoms with E-state index in [2.05, 4.69) is 4.99 Å². The monoisotopic (exact) mass is 419 g/mol. The number of carbonyl (C=O) groups excluding carboxylic acids is 1. The number of carbonyl (C=O) groups is 1. The lowest BCUT2D eigenvalue weighted by Gasteiger charge is -2.09. The molecule has 7 nitrogen and oxygen atoms in total. The first-order valence-corrected chi connectivity index (χ1v) is 10.2. The van der Waals surface area contributed by atoms with Crippen LogP contribution in [0.2, 0.25) is 0 Å². The fourth-order valence-corrected chi connectivity index (χ4v) is 3.28. The highest BCUT2D eigenvalue weighted by molar-refractivity contribution is 5.90. The number of benzene rings is 2. The average molecular weight is 419 g/mol. The first kappa shape index (κ1) is 22.0. The van der Waals surface area contributed by atoms with Crippen molar-refractivity contribution in [2.45, 2.75) is 33.6 Å². The molecular formula is C24H25N3O4. The summed E-state index contributed by atoms with van der Waals surface area (Å²) in [7, 11) is 0. The number of nitrogens with zero attached hydrogens (tertiary/aromatic N) is 3. The van der Waals surface area contributed by atoms with E-state index in [1.54, 1.807) is 42.6 Å². The van der Waals surface area contributed by atoms with E-state index in [-0.39, 0.29) is 11.7 Å². The Morgan fingerprint density at radius 2 is 1.90 bits per heavy atom. The Hall–Kier alpha value is -3.74. The number of aryl methyl sites for hydroxylation is 1. The molecule has 0 saturated carbocycles.